The van der Waals surface area contributed by atoms with E-state index >= 15 is 0 Å². The zero-order chi connectivity index (χ0) is 15.0. The second kappa shape index (κ2) is 8.42. The maximum atomic E-state index is 12.0. The molecular formula is C14H21NO3S2. The standard InChI is InChI=1S/C14H21NO3S2/c1-3-4-9-20(17,18)15(2)11-14-10-13(12-19-14)7-5-6-8-16/h10,12,16H,3-4,6,8-9,11H2,1-2H3. The fourth-order valence-electron chi connectivity index (χ4n) is 1.55. The Morgan fingerprint density at radius 3 is 2.85 bits per heavy atom. The van der Waals surface area contributed by atoms with Crippen molar-refractivity contribution in [3.63, 3.8) is 0 Å². The van der Waals surface area contributed by atoms with Crippen LogP contribution in [0.15, 0.2) is 11.4 Å². The fraction of sp³-hybridized carbons (Fsp3) is 0.571. The van der Waals surface area contributed by atoms with Crippen LogP contribution in [0.5, 0.6) is 0 Å². The Balaban J connectivity index is 2.63. The van der Waals surface area contributed by atoms with Crippen LogP contribution in [0.4, 0.5) is 0 Å². The first-order valence-corrected chi connectivity index (χ1v) is 9.09. The minimum atomic E-state index is -3.16. The van der Waals surface area contributed by atoms with Gasteiger partial charge in [-0.05, 0) is 12.5 Å². The highest BCUT2D eigenvalue weighted by atomic mass is 32.2. The number of hydrogen-bond acceptors (Lipinski definition) is 4. The molecule has 0 aromatic carbocycles. The first kappa shape index (κ1) is 17.2. The van der Waals surface area contributed by atoms with Crippen molar-refractivity contribution >= 4 is 21.4 Å². The summed E-state index contributed by atoms with van der Waals surface area (Å²) >= 11 is 1.50. The van der Waals surface area contributed by atoms with Gasteiger partial charge in [-0.1, -0.05) is 25.2 Å². The second-order valence-corrected chi connectivity index (χ2v) is 7.69. The topological polar surface area (TPSA) is 57.6 Å². The summed E-state index contributed by atoms with van der Waals surface area (Å²) in [6, 6.07) is 1.90. The summed E-state index contributed by atoms with van der Waals surface area (Å²) in [5.74, 6) is 6.00. The zero-order valence-electron chi connectivity index (χ0n) is 11.9. The Kier molecular flexibility index (Phi) is 7.24. The lowest BCUT2D eigenvalue weighted by molar-refractivity contribution is 0.305. The lowest BCUT2D eigenvalue weighted by atomic mass is 10.3. The Hall–Kier alpha value is -0.870. The second-order valence-electron chi connectivity index (χ2n) is 4.50. The molecule has 0 bridgehead atoms. The molecule has 0 saturated carbocycles. The van der Waals surface area contributed by atoms with Gasteiger partial charge in [0.25, 0.3) is 0 Å². The molecule has 0 spiro atoms. The van der Waals surface area contributed by atoms with E-state index in [-0.39, 0.29) is 12.4 Å². The Morgan fingerprint density at radius 1 is 1.45 bits per heavy atom. The molecule has 1 aromatic rings. The van der Waals surface area contributed by atoms with Gasteiger partial charge < -0.3 is 5.11 Å². The summed E-state index contributed by atoms with van der Waals surface area (Å²) < 4.78 is 25.4. The van der Waals surface area contributed by atoms with Crippen LogP contribution in [-0.4, -0.2) is 37.2 Å². The minimum Gasteiger partial charge on any atom is -0.395 e. The average Bonchev–Trinajstić information content (AvgIpc) is 2.84. The van der Waals surface area contributed by atoms with Crippen molar-refractivity contribution in [3.8, 4) is 11.8 Å². The molecule has 0 unspecified atom stereocenters. The van der Waals surface area contributed by atoms with E-state index in [0.717, 1.165) is 16.9 Å². The van der Waals surface area contributed by atoms with E-state index in [1.165, 1.54) is 15.6 Å². The van der Waals surface area contributed by atoms with Gasteiger partial charge in [-0.2, -0.15) is 4.31 Å². The van der Waals surface area contributed by atoms with Crippen LogP contribution in [0.25, 0.3) is 0 Å². The summed E-state index contributed by atoms with van der Waals surface area (Å²) in [6.07, 6.45) is 2.02. The Bertz CT molecular complexity index is 567. The summed E-state index contributed by atoms with van der Waals surface area (Å²) in [6.45, 7) is 2.42. The van der Waals surface area contributed by atoms with Gasteiger partial charge in [-0.3, -0.25) is 0 Å². The van der Waals surface area contributed by atoms with E-state index in [1.54, 1.807) is 7.05 Å². The normalized spacial score (nSPS) is 11.4. The van der Waals surface area contributed by atoms with Crippen molar-refractivity contribution in [1.82, 2.24) is 4.31 Å². The monoisotopic (exact) mass is 315 g/mol. The zero-order valence-corrected chi connectivity index (χ0v) is 13.6. The molecule has 4 nitrogen and oxygen atoms in total. The molecule has 0 atom stereocenters. The van der Waals surface area contributed by atoms with Crippen molar-refractivity contribution in [2.24, 2.45) is 0 Å². The predicted molar refractivity (Wildman–Crippen MR) is 83.1 cm³/mol. The fourth-order valence-corrected chi connectivity index (χ4v) is 3.80. The van der Waals surface area contributed by atoms with Gasteiger partial charge in [-0.15, -0.1) is 11.3 Å². The third-order valence-corrected chi connectivity index (χ3v) is 5.54. The SMILES string of the molecule is CCCCS(=O)(=O)N(C)Cc1cc(C#CCCO)cs1. The number of nitrogens with zero attached hydrogens (tertiary/aromatic N) is 1. The summed E-state index contributed by atoms with van der Waals surface area (Å²) in [5.41, 5.74) is 0.873. The van der Waals surface area contributed by atoms with Gasteiger partial charge in [0.05, 0.1) is 12.4 Å². The van der Waals surface area contributed by atoms with Crippen molar-refractivity contribution in [3.05, 3.63) is 21.9 Å². The number of rotatable bonds is 7. The number of hydrogen-bond donors (Lipinski definition) is 1. The Morgan fingerprint density at radius 2 is 2.20 bits per heavy atom. The quantitative estimate of drug-likeness (QED) is 0.784. The molecule has 0 radical (unpaired) electrons. The molecule has 0 fully saturated rings. The number of thiophene rings is 1. The first-order chi connectivity index (χ1) is 9.49. The molecule has 1 rings (SSSR count). The molecule has 112 valence electrons. The van der Waals surface area contributed by atoms with Crippen LogP contribution in [0, 0.1) is 11.8 Å². The minimum absolute atomic E-state index is 0.0579. The molecule has 0 aliphatic carbocycles. The lowest BCUT2D eigenvalue weighted by Crippen LogP contribution is -2.28. The van der Waals surface area contributed by atoms with Crippen LogP contribution in [0.2, 0.25) is 0 Å². The number of sulfonamides is 1. The molecule has 1 N–H and O–H groups in total. The lowest BCUT2D eigenvalue weighted by Gasteiger charge is -2.15. The van der Waals surface area contributed by atoms with E-state index in [4.69, 9.17) is 5.11 Å². The largest absolute Gasteiger partial charge is 0.395 e. The van der Waals surface area contributed by atoms with Gasteiger partial charge in [0.2, 0.25) is 10.0 Å². The van der Waals surface area contributed by atoms with Crippen molar-refractivity contribution in [2.45, 2.75) is 32.7 Å². The highest BCUT2D eigenvalue weighted by Crippen LogP contribution is 2.17. The molecule has 0 aliphatic rings. The van der Waals surface area contributed by atoms with E-state index < -0.39 is 10.0 Å². The van der Waals surface area contributed by atoms with Crippen LogP contribution < -0.4 is 0 Å². The van der Waals surface area contributed by atoms with Crippen molar-refractivity contribution in [1.29, 1.82) is 0 Å². The van der Waals surface area contributed by atoms with Gasteiger partial charge in [-0.25, -0.2) is 8.42 Å². The third kappa shape index (κ3) is 5.63. The van der Waals surface area contributed by atoms with Crippen LogP contribution in [0.1, 0.15) is 36.6 Å². The molecule has 0 saturated heterocycles. The van der Waals surface area contributed by atoms with E-state index in [1.807, 2.05) is 18.4 Å². The third-order valence-electron chi connectivity index (χ3n) is 2.73. The highest BCUT2D eigenvalue weighted by Gasteiger charge is 2.17. The molecule has 20 heavy (non-hydrogen) atoms. The smallest absolute Gasteiger partial charge is 0.214 e. The van der Waals surface area contributed by atoms with Crippen molar-refractivity contribution in [2.75, 3.05) is 19.4 Å². The maximum Gasteiger partial charge on any atom is 0.214 e. The number of aliphatic hydroxyl groups is 1. The summed E-state index contributed by atoms with van der Waals surface area (Å²) in [4.78, 5) is 0.973. The molecule has 1 aromatic heterocycles. The molecule has 6 heteroatoms. The first-order valence-electron chi connectivity index (χ1n) is 6.60. The molecule has 1 heterocycles. The van der Waals surface area contributed by atoms with Crippen LogP contribution in [0.3, 0.4) is 0 Å². The van der Waals surface area contributed by atoms with Gasteiger partial charge >= 0.3 is 0 Å². The van der Waals surface area contributed by atoms with E-state index in [9.17, 15) is 8.42 Å². The van der Waals surface area contributed by atoms with Gasteiger partial charge in [0, 0.05) is 35.8 Å². The van der Waals surface area contributed by atoms with Crippen LogP contribution in [-0.2, 0) is 16.6 Å². The molecule has 0 amide bonds. The predicted octanol–water partition coefficient (Wildman–Crippen LogP) is 2.04. The van der Waals surface area contributed by atoms with Gasteiger partial charge in [0.15, 0.2) is 0 Å². The van der Waals surface area contributed by atoms with Crippen LogP contribution >= 0.6 is 11.3 Å². The maximum absolute atomic E-state index is 12.0. The summed E-state index contributed by atoms with van der Waals surface area (Å²) in [5, 5.41) is 10.6. The molecular weight excluding hydrogens is 294 g/mol. The van der Waals surface area contributed by atoms with E-state index in [2.05, 4.69) is 11.8 Å². The van der Waals surface area contributed by atoms with E-state index in [0.29, 0.717) is 19.4 Å². The average molecular weight is 315 g/mol. The summed E-state index contributed by atoms with van der Waals surface area (Å²) in [7, 11) is -1.55. The Labute approximate surface area is 125 Å². The number of aliphatic hydroxyl groups excluding tert-OH is 1. The van der Waals surface area contributed by atoms with Gasteiger partial charge in [0.1, 0.15) is 0 Å². The van der Waals surface area contributed by atoms with Crippen molar-refractivity contribution < 1.29 is 13.5 Å². The molecule has 0 aliphatic heterocycles. The number of unbranched alkanes of at least 4 members (excludes halogenated alkanes) is 1. The highest BCUT2D eigenvalue weighted by molar-refractivity contribution is 7.89.